The zero-order valence-electron chi connectivity index (χ0n) is 13.8. The highest BCUT2D eigenvalue weighted by Gasteiger charge is 2.21. The van der Waals surface area contributed by atoms with Crippen LogP contribution in [-0.2, 0) is 11.2 Å². The summed E-state index contributed by atoms with van der Waals surface area (Å²) in [6, 6.07) is 7.13. The van der Waals surface area contributed by atoms with Gasteiger partial charge in [-0.15, -0.1) is 0 Å². The lowest BCUT2D eigenvalue weighted by Crippen LogP contribution is -2.43. The molecule has 0 spiro atoms. The third kappa shape index (κ3) is 5.26. The highest BCUT2D eigenvalue weighted by molar-refractivity contribution is 5.31. The Morgan fingerprint density at radius 1 is 1.15 bits per heavy atom. The summed E-state index contributed by atoms with van der Waals surface area (Å²) in [7, 11) is 0. The van der Waals surface area contributed by atoms with E-state index in [4.69, 9.17) is 4.74 Å². The molecule has 1 N–H and O–H groups in total. The van der Waals surface area contributed by atoms with Crippen molar-refractivity contribution >= 4 is 0 Å². The second kappa shape index (κ2) is 9.15. The van der Waals surface area contributed by atoms with Gasteiger partial charge in [-0.2, -0.15) is 0 Å². The summed E-state index contributed by atoms with van der Waals surface area (Å²) in [6.07, 6.45) is 3.65. The molecule has 2 atom stereocenters. The van der Waals surface area contributed by atoms with E-state index in [0.717, 1.165) is 26.0 Å². The minimum Gasteiger partial charge on any atom is -0.377 e. The molecule has 1 rings (SSSR count). The SMILES string of the molecule is CCCC(OCC)C(Cc1cc(C)ccc1C)NCC. The van der Waals surface area contributed by atoms with Gasteiger partial charge in [0.15, 0.2) is 0 Å². The zero-order valence-corrected chi connectivity index (χ0v) is 13.8. The Morgan fingerprint density at radius 3 is 2.50 bits per heavy atom. The summed E-state index contributed by atoms with van der Waals surface area (Å²) < 4.78 is 5.98. The Balaban J connectivity index is 2.86. The van der Waals surface area contributed by atoms with Gasteiger partial charge in [-0.05, 0) is 51.3 Å². The molecular weight excluding hydrogens is 246 g/mol. The number of hydrogen-bond acceptors (Lipinski definition) is 2. The molecule has 0 radical (unpaired) electrons. The number of benzene rings is 1. The van der Waals surface area contributed by atoms with Crippen LogP contribution >= 0.6 is 0 Å². The highest BCUT2D eigenvalue weighted by Crippen LogP contribution is 2.17. The van der Waals surface area contributed by atoms with Gasteiger partial charge in [0.25, 0.3) is 0 Å². The van der Waals surface area contributed by atoms with Crippen LogP contribution in [0.5, 0.6) is 0 Å². The van der Waals surface area contributed by atoms with E-state index < -0.39 is 0 Å². The first-order valence-corrected chi connectivity index (χ1v) is 8.03. The molecule has 0 heterocycles. The van der Waals surface area contributed by atoms with Crippen molar-refractivity contribution in [2.45, 2.75) is 66.0 Å². The van der Waals surface area contributed by atoms with Gasteiger partial charge in [-0.1, -0.05) is 44.0 Å². The van der Waals surface area contributed by atoms with Crippen LogP contribution in [0.25, 0.3) is 0 Å². The van der Waals surface area contributed by atoms with Crippen LogP contribution < -0.4 is 5.32 Å². The first kappa shape index (κ1) is 17.2. The molecule has 0 aliphatic heterocycles. The van der Waals surface area contributed by atoms with E-state index in [0.29, 0.717) is 12.1 Å². The Bertz CT molecular complexity index is 383. The molecule has 0 aromatic heterocycles. The lowest BCUT2D eigenvalue weighted by Gasteiger charge is -2.28. The van der Waals surface area contributed by atoms with Crippen molar-refractivity contribution in [2.75, 3.05) is 13.2 Å². The molecule has 2 unspecified atom stereocenters. The number of nitrogens with one attached hydrogen (secondary N) is 1. The summed E-state index contributed by atoms with van der Waals surface area (Å²) in [6.45, 7) is 12.6. The van der Waals surface area contributed by atoms with Crippen molar-refractivity contribution in [1.29, 1.82) is 0 Å². The third-order valence-electron chi connectivity index (χ3n) is 3.81. The largest absolute Gasteiger partial charge is 0.377 e. The molecule has 0 saturated carbocycles. The average molecular weight is 277 g/mol. The predicted octanol–water partition coefficient (Wildman–Crippen LogP) is 4.03. The van der Waals surface area contributed by atoms with Crippen LogP contribution in [0.4, 0.5) is 0 Å². The van der Waals surface area contributed by atoms with E-state index in [1.54, 1.807) is 0 Å². The molecule has 0 aliphatic rings. The maximum absolute atomic E-state index is 5.98. The fourth-order valence-corrected chi connectivity index (χ4v) is 2.75. The molecule has 0 aliphatic carbocycles. The summed E-state index contributed by atoms with van der Waals surface area (Å²) in [5.41, 5.74) is 4.16. The Morgan fingerprint density at radius 2 is 1.90 bits per heavy atom. The normalized spacial score (nSPS) is 14.2. The van der Waals surface area contributed by atoms with E-state index in [2.05, 4.69) is 58.1 Å². The number of rotatable bonds is 9. The van der Waals surface area contributed by atoms with E-state index >= 15 is 0 Å². The lowest BCUT2D eigenvalue weighted by atomic mass is 9.94. The molecule has 0 bridgehead atoms. The van der Waals surface area contributed by atoms with Gasteiger partial charge >= 0.3 is 0 Å². The molecule has 1 aromatic carbocycles. The second-order valence-corrected chi connectivity index (χ2v) is 5.58. The fourth-order valence-electron chi connectivity index (χ4n) is 2.75. The van der Waals surface area contributed by atoms with Crippen molar-refractivity contribution in [3.63, 3.8) is 0 Å². The predicted molar refractivity (Wildman–Crippen MR) is 87.4 cm³/mol. The average Bonchev–Trinajstić information content (AvgIpc) is 2.42. The minimum absolute atomic E-state index is 0.310. The summed E-state index contributed by atoms with van der Waals surface area (Å²) >= 11 is 0. The standard InChI is InChI=1S/C18H31NO/c1-6-9-18(20-8-3)17(19-7-2)13-16-12-14(4)10-11-15(16)5/h10-12,17-19H,6-9,13H2,1-5H3. The molecule has 1 aromatic rings. The third-order valence-corrected chi connectivity index (χ3v) is 3.81. The fraction of sp³-hybridized carbons (Fsp3) is 0.667. The van der Waals surface area contributed by atoms with E-state index in [9.17, 15) is 0 Å². The summed E-state index contributed by atoms with van der Waals surface area (Å²) in [5.74, 6) is 0. The van der Waals surface area contributed by atoms with Crippen LogP contribution in [0.15, 0.2) is 18.2 Å². The second-order valence-electron chi connectivity index (χ2n) is 5.58. The summed E-state index contributed by atoms with van der Waals surface area (Å²) in [5, 5.41) is 3.62. The van der Waals surface area contributed by atoms with Crippen LogP contribution in [0.1, 0.15) is 50.3 Å². The number of ether oxygens (including phenoxy) is 1. The van der Waals surface area contributed by atoms with Gasteiger partial charge in [0.05, 0.1) is 6.10 Å². The Kier molecular flexibility index (Phi) is 7.86. The minimum atomic E-state index is 0.310. The van der Waals surface area contributed by atoms with E-state index in [1.807, 2.05) is 0 Å². The molecular formula is C18H31NO. The highest BCUT2D eigenvalue weighted by atomic mass is 16.5. The molecule has 2 nitrogen and oxygen atoms in total. The zero-order chi connectivity index (χ0) is 15.0. The molecule has 0 fully saturated rings. The first-order chi connectivity index (χ1) is 9.62. The number of likely N-dealkylation sites (N-methyl/N-ethyl adjacent to an activating group) is 1. The lowest BCUT2D eigenvalue weighted by molar-refractivity contribution is 0.0285. The Hall–Kier alpha value is -0.860. The molecule has 20 heavy (non-hydrogen) atoms. The van der Waals surface area contributed by atoms with Crippen LogP contribution in [0.3, 0.4) is 0 Å². The van der Waals surface area contributed by atoms with Crippen molar-refractivity contribution in [1.82, 2.24) is 5.32 Å². The molecule has 0 saturated heterocycles. The van der Waals surface area contributed by atoms with Gasteiger partial charge in [-0.25, -0.2) is 0 Å². The maximum Gasteiger partial charge on any atom is 0.0731 e. The monoisotopic (exact) mass is 277 g/mol. The van der Waals surface area contributed by atoms with Gasteiger partial charge in [-0.3, -0.25) is 0 Å². The molecule has 0 amide bonds. The van der Waals surface area contributed by atoms with Gasteiger partial charge in [0, 0.05) is 12.6 Å². The van der Waals surface area contributed by atoms with Crippen LogP contribution in [0, 0.1) is 13.8 Å². The summed E-state index contributed by atoms with van der Waals surface area (Å²) in [4.78, 5) is 0. The van der Waals surface area contributed by atoms with Crippen molar-refractivity contribution in [3.8, 4) is 0 Å². The quantitative estimate of drug-likeness (QED) is 0.736. The Labute approximate surface area is 124 Å². The first-order valence-electron chi connectivity index (χ1n) is 8.03. The number of hydrogen-bond donors (Lipinski definition) is 1. The van der Waals surface area contributed by atoms with Crippen molar-refractivity contribution < 1.29 is 4.74 Å². The van der Waals surface area contributed by atoms with Crippen LogP contribution in [0.2, 0.25) is 0 Å². The van der Waals surface area contributed by atoms with Crippen molar-refractivity contribution in [2.24, 2.45) is 0 Å². The van der Waals surface area contributed by atoms with E-state index in [1.165, 1.54) is 23.1 Å². The van der Waals surface area contributed by atoms with Gasteiger partial charge in [0.1, 0.15) is 0 Å². The molecule has 2 heteroatoms. The smallest absolute Gasteiger partial charge is 0.0731 e. The van der Waals surface area contributed by atoms with E-state index in [-0.39, 0.29) is 0 Å². The van der Waals surface area contributed by atoms with Gasteiger partial charge in [0.2, 0.25) is 0 Å². The molecule has 114 valence electrons. The van der Waals surface area contributed by atoms with Gasteiger partial charge < -0.3 is 10.1 Å². The number of aryl methyl sites for hydroxylation is 2. The maximum atomic E-state index is 5.98. The topological polar surface area (TPSA) is 21.3 Å². The van der Waals surface area contributed by atoms with Crippen molar-refractivity contribution in [3.05, 3.63) is 34.9 Å². The van der Waals surface area contributed by atoms with Crippen LogP contribution in [-0.4, -0.2) is 25.3 Å².